The van der Waals surface area contributed by atoms with E-state index < -0.39 is 0 Å². The summed E-state index contributed by atoms with van der Waals surface area (Å²) in [6, 6.07) is 1.69. The summed E-state index contributed by atoms with van der Waals surface area (Å²) in [6.45, 7) is 10.00. The molecular formula is C15H25N5O2. The third-order valence-corrected chi connectivity index (χ3v) is 3.41. The summed E-state index contributed by atoms with van der Waals surface area (Å²) >= 11 is 0. The van der Waals surface area contributed by atoms with E-state index in [1.807, 2.05) is 0 Å². The number of carbonyl (C=O) groups excluding carboxylic acids is 1. The molecule has 0 aromatic carbocycles. The van der Waals surface area contributed by atoms with Crippen LogP contribution in [0.2, 0.25) is 0 Å². The Morgan fingerprint density at radius 3 is 2.86 bits per heavy atom. The highest BCUT2D eigenvalue weighted by atomic mass is 16.5. The van der Waals surface area contributed by atoms with Crippen molar-refractivity contribution in [1.29, 1.82) is 0 Å². The largest absolute Gasteiger partial charge is 0.379 e. The van der Waals surface area contributed by atoms with Crippen LogP contribution in [-0.2, 0) is 4.74 Å². The van der Waals surface area contributed by atoms with Crippen molar-refractivity contribution in [2.75, 3.05) is 51.3 Å². The topological polar surface area (TPSA) is 79.4 Å². The Balaban J connectivity index is 1.79. The van der Waals surface area contributed by atoms with Gasteiger partial charge in [0.15, 0.2) is 0 Å². The molecule has 1 aliphatic rings. The number of rotatable bonds is 7. The lowest BCUT2D eigenvalue weighted by molar-refractivity contribution is 0.0398. The molecule has 2 rings (SSSR count). The van der Waals surface area contributed by atoms with E-state index in [9.17, 15) is 4.79 Å². The Morgan fingerprint density at radius 1 is 1.36 bits per heavy atom. The number of nitrogens with one attached hydrogen (secondary N) is 2. The summed E-state index contributed by atoms with van der Waals surface area (Å²) in [7, 11) is 0. The number of ether oxygens (including phenoxy) is 1. The number of hydrogen-bond acceptors (Lipinski definition) is 6. The molecule has 1 aromatic rings. The van der Waals surface area contributed by atoms with Crippen LogP contribution in [0.1, 0.15) is 24.3 Å². The van der Waals surface area contributed by atoms with Gasteiger partial charge in [0.25, 0.3) is 5.91 Å². The van der Waals surface area contributed by atoms with Gasteiger partial charge < -0.3 is 15.4 Å². The highest BCUT2D eigenvalue weighted by Gasteiger charge is 2.11. The van der Waals surface area contributed by atoms with E-state index in [-0.39, 0.29) is 5.91 Å². The Kier molecular flexibility index (Phi) is 6.54. The third-order valence-electron chi connectivity index (χ3n) is 3.41. The highest BCUT2D eigenvalue weighted by molar-refractivity contribution is 5.92. The molecule has 2 N–H and O–H groups in total. The average molecular weight is 307 g/mol. The molecule has 0 saturated carbocycles. The van der Waals surface area contributed by atoms with Crippen molar-refractivity contribution in [3.63, 3.8) is 0 Å². The molecule has 1 aromatic heterocycles. The summed E-state index contributed by atoms with van der Waals surface area (Å²) in [5, 5.41) is 6.09. The van der Waals surface area contributed by atoms with Gasteiger partial charge in [0.2, 0.25) is 0 Å². The first kappa shape index (κ1) is 16.6. The molecule has 0 aliphatic carbocycles. The van der Waals surface area contributed by atoms with Crippen LogP contribution in [0.15, 0.2) is 12.4 Å². The molecule has 22 heavy (non-hydrogen) atoms. The molecule has 7 nitrogen and oxygen atoms in total. The predicted molar refractivity (Wildman–Crippen MR) is 85.0 cm³/mol. The first-order chi connectivity index (χ1) is 10.6. The van der Waals surface area contributed by atoms with E-state index >= 15 is 0 Å². The second-order valence-electron chi connectivity index (χ2n) is 5.77. The maximum absolute atomic E-state index is 12.0. The predicted octanol–water partition coefficient (Wildman–Crippen LogP) is 0.607. The van der Waals surface area contributed by atoms with Gasteiger partial charge in [0.1, 0.15) is 17.8 Å². The second kappa shape index (κ2) is 8.65. The summed E-state index contributed by atoms with van der Waals surface area (Å²) in [6.07, 6.45) is 1.42. The maximum Gasteiger partial charge on any atom is 0.270 e. The van der Waals surface area contributed by atoms with Gasteiger partial charge in [-0.05, 0) is 5.92 Å². The van der Waals surface area contributed by atoms with E-state index in [0.717, 1.165) is 39.4 Å². The highest BCUT2D eigenvalue weighted by Crippen LogP contribution is 2.04. The lowest BCUT2D eigenvalue weighted by Gasteiger charge is -2.26. The first-order valence-electron chi connectivity index (χ1n) is 7.79. The molecule has 7 heteroatoms. The lowest BCUT2D eigenvalue weighted by Crippen LogP contribution is -2.39. The normalized spacial score (nSPS) is 15.8. The Hall–Kier alpha value is -1.73. The SMILES string of the molecule is CC(C)CNC(=O)c1cc(NCCN2CCOCC2)ncn1. The first-order valence-corrected chi connectivity index (χ1v) is 7.79. The molecular weight excluding hydrogens is 282 g/mol. The maximum atomic E-state index is 12.0. The second-order valence-corrected chi connectivity index (χ2v) is 5.77. The number of amides is 1. The van der Waals surface area contributed by atoms with Crippen LogP contribution in [0.5, 0.6) is 0 Å². The van der Waals surface area contributed by atoms with Gasteiger partial charge in [-0.15, -0.1) is 0 Å². The van der Waals surface area contributed by atoms with Gasteiger partial charge in [-0.25, -0.2) is 9.97 Å². The van der Waals surface area contributed by atoms with Crippen LogP contribution in [0.4, 0.5) is 5.82 Å². The fraction of sp³-hybridized carbons (Fsp3) is 0.667. The van der Waals surface area contributed by atoms with Crippen molar-refractivity contribution < 1.29 is 9.53 Å². The van der Waals surface area contributed by atoms with Gasteiger partial charge in [0, 0.05) is 38.8 Å². The molecule has 1 amide bonds. The van der Waals surface area contributed by atoms with Crippen molar-refractivity contribution >= 4 is 11.7 Å². The Morgan fingerprint density at radius 2 is 2.14 bits per heavy atom. The van der Waals surface area contributed by atoms with E-state index in [4.69, 9.17) is 4.74 Å². The van der Waals surface area contributed by atoms with Crippen LogP contribution >= 0.6 is 0 Å². The van der Waals surface area contributed by atoms with Crippen molar-refractivity contribution in [3.05, 3.63) is 18.1 Å². The van der Waals surface area contributed by atoms with Crippen LogP contribution in [0.25, 0.3) is 0 Å². The smallest absolute Gasteiger partial charge is 0.270 e. The van der Waals surface area contributed by atoms with E-state index in [2.05, 4.69) is 39.3 Å². The molecule has 0 spiro atoms. The minimum atomic E-state index is -0.160. The van der Waals surface area contributed by atoms with Gasteiger partial charge in [-0.2, -0.15) is 0 Å². The van der Waals surface area contributed by atoms with Crippen LogP contribution in [0.3, 0.4) is 0 Å². The Labute approximate surface area is 131 Å². The zero-order valence-corrected chi connectivity index (χ0v) is 13.3. The molecule has 0 atom stereocenters. The monoisotopic (exact) mass is 307 g/mol. The summed E-state index contributed by atoms with van der Waals surface area (Å²) in [5.74, 6) is 0.933. The molecule has 0 radical (unpaired) electrons. The molecule has 2 heterocycles. The Bertz CT molecular complexity index is 475. The summed E-state index contributed by atoms with van der Waals surface area (Å²) < 4.78 is 5.32. The van der Waals surface area contributed by atoms with Crippen molar-refractivity contribution in [1.82, 2.24) is 20.2 Å². The third kappa shape index (κ3) is 5.57. The van der Waals surface area contributed by atoms with Gasteiger partial charge in [-0.1, -0.05) is 13.8 Å². The quantitative estimate of drug-likeness (QED) is 0.768. The molecule has 0 unspecified atom stereocenters. The van der Waals surface area contributed by atoms with Crippen molar-refractivity contribution in [2.24, 2.45) is 5.92 Å². The fourth-order valence-corrected chi connectivity index (χ4v) is 2.13. The van der Waals surface area contributed by atoms with Crippen LogP contribution < -0.4 is 10.6 Å². The lowest BCUT2D eigenvalue weighted by atomic mass is 10.2. The van der Waals surface area contributed by atoms with Gasteiger partial charge in [-0.3, -0.25) is 9.69 Å². The molecule has 122 valence electrons. The van der Waals surface area contributed by atoms with E-state index in [0.29, 0.717) is 24.0 Å². The van der Waals surface area contributed by atoms with Gasteiger partial charge in [0.05, 0.1) is 13.2 Å². The zero-order valence-electron chi connectivity index (χ0n) is 13.3. The number of aromatic nitrogens is 2. The number of morpholine rings is 1. The molecule has 1 fully saturated rings. The van der Waals surface area contributed by atoms with Gasteiger partial charge >= 0.3 is 0 Å². The minimum absolute atomic E-state index is 0.160. The van der Waals surface area contributed by atoms with Crippen LogP contribution in [-0.4, -0.2) is 66.7 Å². The average Bonchev–Trinajstić information content (AvgIpc) is 2.54. The standard InChI is InChI=1S/C15H25N5O2/c1-12(2)10-17-15(21)13-9-14(19-11-18-13)16-3-4-20-5-7-22-8-6-20/h9,11-12H,3-8,10H2,1-2H3,(H,17,21)(H,16,18,19). The number of nitrogens with zero attached hydrogens (tertiary/aromatic N) is 3. The number of hydrogen-bond donors (Lipinski definition) is 2. The van der Waals surface area contributed by atoms with E-state index in [1.165, 1.54) is 6.33 Å². The molecule has 0 bridgehead atoms. The minimum Gasteiger partial charge on any atom is -0.379 e. The number of carbonyl (C=O) groups is 1. The molecule has 1 saturated heterocycles. The van der Waals surface area contributed by atoms with Crippen molar-refractivity contribution in [2.45, 2.75) is 13.8 Å². The zero-order chi connectivity index (χ0) is 15.8. The summed E-state index contributed by atoms with van der Waals surface area (Å²) in [4.78, 5) is 22.5. The van der Waals surface area contributed by atoms with Crippen LogP contribution in [0, 0.1) is 5.92 Å². The van der Waals surface area contributed by atoms with Crippen molar-refractivity contribution in [3.8, 4) is 0 Å². The van der Waals surface area contributed by atoms with E-state index in [1.54, 1.807) is 6.07 Å². The summed E-state index contributed by atoms with van der Waals surface area (Å²) in [5.41, 5.74) is 0.393. The fourth-order valence-electron chi connectivity index (χ4n) is 2.13. The number of anilines is 1. The molecule has 1 aliphatic heterocycles.